The molecular weight excluding hydrogens is 548 g/mol. The summed E-state index contributed by atoms with van der Waals surface area (Å²) in [6.45, 7) is 18.0. The molecule has 11 nitrogen and oxygen atoms in total. The monoisotopic (exact) mass is 600 g/mol. The molecular formula is C31H52O11. The average Bonchev–Trinajstić information content (AvgIpc) is 2.79. The number of carbonyl (C=O) groups is 5. The summed E-state index contributed by atoms with van der Waals surface area (Å²) in [7, 11) is 0. The summed E-state index contributed by atoms with van der Waals surface area (Å²) in [6.07, 6.45) is -6.57. The highest BCUT2D eigenvalue weighted by Crippen LogP contribution is 2.32. The van der Waals surface area contributed by atoms with E-state index in [1.165, 1.54) is 0 Å². The SMILES string of the molecule is CC(C)CC(=O)OCC1OC(OC(=O)CC(C)C)C(OC(=O)CC(C)C)C(OC(=O)CC(C)C)C1OC(=O)CC(C)C. The predicted octanol–water partition coefficient (Wildman–Crippen LogP) is 4.76. The molecule has 1 heterocycles. The summed E-state index contributed by atoms with van der Waals surface area (Å²) >= 11 is 0. The summed E-state index contributed by atoms with van der Waals surface area (Å²) in [5.41, 5.74) is 0. The van der Waals surface area contributed by atoms with Crippen LogP contribution < -0.4 is 0 Å². The van der Waals surface area contributed by atoms with Crippen LogP contribution >= 0.6 is 0 Å². The number of esters is 5. The lowest BCUT2D eigenvalue weighted by Crippen LogP contribution is -2.63. The standard InChI is InChI=1S/C31H52O11/c1-17(2)11-23(32)37-16-22-28(39-24(33)12-18(3)4)29(40-25(34)13-19(5)6)30(41-26(35)14-20(7)8)31(38-22)42-27(36)15-21(9)10/h17-22,28-31H,11-16H2,1-10H3. The third-order valence-corrected chi connectivity index (χ3v) is 5.92. The first kappa shape index (κ1) is 37.3. The normalized spacial score (nSPS) is 22.4. The van der Waals surface area contributed by atoms with Crippen molar-refractivity contribution in [2.75, 3.05) is 6.61 Å². The van der Waals surface area contributed by atoms with Crippen molar-refractivity contribution in [1.82, 2.24) is 0 Å². The van der Waals surface area contributed by atoms with E-state index in [0.29, 0.717) is 0 Å². The zero-order valence-electron chi connectivity index (χ0n) is 27.0. The van der Waals surface area contributed by atoms with Crippen molar-refractivity contribution in [3.05, 3.63) is 0 Å². The number of carbonyl (C=O) groups excluding carboxylic acids is 5. The lowest BCUT2D eigenvalue weighted by atomic mass is 9.97. The van der Waals surface area contributed by atoms with Gasteiger partial charge in [-0.25, -0.2) is 0 Å². The van der Waals surface area contributed by atoms with Gasteiger partial charge < -0.3 is 28.4 Å². The molecule has 0 aliphatic carbocycles. The Morgan fingerprint density at radius 3 is 1.21 bits per heavy atom. The van der Waals surface area contributed by atoms with Crippen LogP contribution in [0.5, 0.6) is 0 Å². The first-order chi connectivity index (χ1) is 19.5. The number of hydrogen-bond acceptors (Lipinski definition) is 11. The minimum absolute atomic E-state index is 0.0303. The smallest absolute Gasteiger partial charge is 0.308 e. The van der Waals surface area contributed by atoms with Crippen LogP contribution in [0.3, 0.4) is 0 Å². The molecule has 0 amide bonds. The summed E-state index contributed by atoms with van der Waals surface area (Å²) in [5.74, 6) is -3.18. The molecule has 0 N–H and O–H groups in total. The summed E-state index contributed by atoms with van der Waals surface area (Å²) in [5, 5.41) is 0. The van der Waals surface area contributed by atoms with Crippen LogP contribution in [0, 0.1) is 29.6 Å². The minimum Gasteiger partial charge on any atom is -0.463 e. The molecule has 1 fully saturated rings. The van der Waals surface area contributed by atoms with Crippen LogP contribution in [0.4, 0.5) is 0 Å². The molecule has 1 aliphatic rings. The highest BCUT2D eigenvalue weighted by Gasteiger charge is 2.54. The Morgan fingerprint density at radius 1 is 0.476 bits per heavy atom. The zero-order valence-corrected chi connectivity index (χ0v) is 27.0. The van der Waals surface area contributed by atoms with Crippen LogP contribution in [0.15, 0.2) is 0 Å². The Kier molecular flexibility index (Phi) is 16.1. The number of hydrogen-bond donors (Lipinski definition) is 0. The van der Waals surface area contributed by atoms with Gasteiger partial charge in [-0.3, -0.25) is 24.0 Å². The van der Waals surface area contributed by atoms with Crippen LogP contribution in [-0.2, 0) is 52.4 Å². The van der Waals surface area contributed by atoms with Crippen LogP contribution in [0.25, 0.3) is 0 Å². The van der Waals surface area contributed by atoms with E-state index in [2.05, 4.69) is 0 Å². The summed E-state index contributed by atoms with van der Waals surface area (Å²) in [4.78, 5) is 63.9. The minimum atomic E-state index is -1.52. The van der Waals surface area contributed by atoms with Crippen molar-refractivity contribution >= 4 is 29.8 Å². The molecule has 42 heavy (non-hydrogen) atoms. The maximum atomic E-state index is 13.0. The number of ether oxygens (including phenoxy) is 6. The molecule has 1 saturated heterocycles. The quantitative estimate of drug-likeness (QED) is 0.179. The molecule has 0 spiro atoms. The van der Waals surface area contributed by atoms with Crippen molar-refractivity contribution in [3.63, 3.8) is 0 Å². The molecule has 11 heteroatoms. The molecule has 1 rings (SSSR count). The lowest BCUT2D eigenvalue weighted by Gasteiger charge is -2.44. The maximum absolute atomic E-state index is 13.0. The van der Waals surface area contributed by atoms with Gasteiger partial charge in [0.05, 0.1) is 0 Å². The molecule has 5 unspecified atom stereocenters. The van der Waals surface area contributed by atoms with Gasteiger partial charge in [0.25, 0.3) is 0 Å². The van der Waals surface area contributed by atoms with Crippen molar-refractivity contribution < 1.29 is 52.4 Å². The second kappa shape index (κ2) is 18.1. The summed E-state index contributed by atoms with van der Waals surface area (Å²) in [6, 6.07) is 0. The number of rotatable bonds is 16. The molecule has 0 aromatic carbocycles. The predicted molar refractivity (Wildman–Crippen MR) is 153 cm³/mol. The van der Waals surface area contributed by atoms with E-state index in [1.54, 1.807) is 0 Å². The Hall–Kier alpha value is -2.69. The van der Waals surface area contributed by atoms with Gasteiger partial charge >= 0.3 is 29.8 Å². The highest BCUT2D eigenvalue weighted by molar-refractivity contribution is 5.73. The topological polar surface area (TPSA) is 141 Å². The molecule has 0 aromatic heterocycles. The van der Waals surface area contributed by atoms with Gasteiger partial charge in [0.2, 0.25) is 12.4 Å². The second-order valence-electron chi connectivity index (χ2n) is 13.1. The van der Waals surface area contributed by atoms with E-state index in [1.807, 2.05) is 69.2 Å². The van der Waals surface area contributed by atoms with E-state index in [0.717, 1.165) is 0 Å². The largest absolute Gasteiger partial charge is 0.463 e. The fourth-order valence-electron chi connectivity index (χ4n) is 4.19. The van der Waals surface area contributed by atoms with Crippen LogP contribution in [0.1, 0.15) is 101 Å². The molecule has 0 radical (unpaired) electrons. The van der Waals surface area contributed by atoms with E-state index in [-0.39, 0.29) is 68.3 Å². The molecule has 5 atom stereocenters. The molecule has 242 valence electrons. The fourth-order valence-corrected chi connectivity index (χ4v) is 4.19. The first-order valence-corrected chi connectivity index (χ1v) is 15.1. The van der Waals surface area contributed by atoms with Gasteiger partial charge in [0, 0.05) is 32.1 Å². The van der Waals surface area contributed by atoms with Crippen molar-refractivity contribution in [3.8, 4) is 0 Å². The third-order valence-electron chi connectivity index (χ3n) is 5.92. The average molecular weight is 601 g/mol. The molecule has 0 aromatic rings. The van der Waals surface area contributed by atoms with Gasteiger partial charge in [-0.15, -0.1) is 0 Å². The Balaban J connectivity index is 3.58. The van der Waals surface area contributed by atoms with Crippen molar-refractivity contribution in [1.29, 1.82) is 0 Å². The van der Waals surface area contributed by atoms with Gasteiger partial charge in [0.15, 0.2) is 12.2 Å². The van der Waals surface area contributed by atoms with Crippen LogP contribution in [0.2, 0.25) is 0 Å². The second-order valence-corrected chi connectivity index (χ2v) is 13.1. The van der Waals surface area contributed by atoms with E-state index in [4.69, 9.17) is 28.4 Å². The van der Waals surface area contributed by atoms with E-state index in [9.17, 15) is 24.0 Å². The van der Waals surface area contributed by atoms with Crippen molar-refractivity contribution in [2.45, 2.75) is 132 Å². The maximum Gasteiger partial charge on any atom is 0.308 e. The zero-order chi connectivity index (χ0) is 32.1. The van der Waals surface area contributed by atoms with Gasteiger partial charge in [-0.2, -0.15) is 0 Å². The van der Waals surface area contributed by atoms with E-state index >= 15 is 0 Å². The third kappa shape index (κ3) is 14.5. The van der Waals surface area contributed by atoms with E-state index < -0.39 is 60.6 Å². The fraction of sp³-hybridized carbons (Fsp3) is 0.839. The molecule has 0 bridgehead atoms. The molecule has 0 saturated carbocycles. The summed E-state index contributed by atoms with van der Waals surface area (Å²) < 4.78 is 34.5. The lowest BCUT2D eigenvalue weighted by molar-refractivity contribution is -0.302. The first-order valence-electron chi connectivity index (χ1n) is 15.1. The Labute approximate surface area is 250 Å². The Morgan fingerprint density at radius 2 is 0.810 bits per heavy atom. The Bertz CT molecular complexity index is 893. The van der Waals surface area contributed by atoms with Gasteiger partial charge in [0.1, 0.15) is 12.7 Å². The molecule has 1 aliphatic heterocycles. The van der Waals surface area contributed by atoms with Crippen LogP contribution in [-0.4, -0.2) is 67.2 Å². The highest BCUT2D eigenvalue weighted by atomic mass is 16.7. The van der Waals surface area contributed by atoms with Gasteiger partial charge in [-0.05, 0) is 29.6 Å². The van der Waals surface area contributed by atoms with Gasteiger partial charge in [-0.1, -0.05) is 69.2 Å². The van der Waals surface area contributed by atoms with Crippen molar-refractivity contribution in [2.24, 2.45) is 29.6 Å².